The highest BCUT2D eigenvalue weighted by molar-refractivity contribution is 4.97. The van der Waals surface area contributed by atoms with Crippen molar-refractivity contribution in [1.29, 1.82) is 0 Å². The zero-order valence-corrected chi connectivity index (χ0v) is 9.47. The maximum absolute atomic E-state index is 9.20. The number of aromatic nitrogens is 2. The molecule has 2 N–H and O–H groups in total. The minimum absolute atomic E-state index is 0.333. The Morgan fingerprint density at radius 1 is 1.38 bits per heavy atom. The van der Waals surface area contributed by atoms with Crippen LogP contribution < -0.4 is 5.32 Å². The Labute approximate surface area is 96.1 Å². The standard InChI is InChI=1S/C12H19N3O/c16-8-11-3-1-2-10(11)6-14-7-12-4-5-13-9-15-12/h4-5,9-11,14,16H,1-3,6-8H2. The van der Waals surface area contributed by atoms with Gasteiger partial charge >= 0.3 is 0 Å². The molecule has 0 bridgehead atoms. The summed E-state index contributed by atoms with van der Waals surface area (Å²) in [6.45, 7) is 2.10. The third kappa shape index (κ3) is 3.00. The average molecular weight is 221 g/mol. The van der Waals surface area contributed by atoms with Crippen molar-refractivity contribution in [2.45, 2.75) is 25.8 Å². The molecule has 1 heterocycles. The molecule has 1 aliphatic rings. The minimum atomic E-state index is 0.333. The molecule has 88 valence electrons. The predicted molar refractivity (Wildman–Crippen MR) is 61.7 cm³/mol. The Hall–Kier alpha value is -1.00. The van der Waals surface area contributed by atoms with Crippen LogP contribution in [0.4, 0.5) is 0 Å². The Morgan fingerprint density at radius 3 is 3.00 bits per heavy atom. The first-order chi connectivity index (χ1) is 7.90. The Morgan fingerprint density at radius 2 is 2.25 bits per heavy atom. The molecule has 1 saturated carbocycles. The van der Waals surface area contributed by atoms with E-state index in [2.05, 4.69) is 15.3 Å². The predicted octanol–water partition coefficient (Wildman–Crippen LogP) is 0.975. The van der Waals surface area contributed by atoms with Crippen LogP contribution in [0.3, 0.4) is 0 Å². The van der Waals surface area contributed by atoms with E-state index in [4.69, 9.17) is 0 Å². The summed E-state index contributed by atoms with van der Waals surface area (Å²) in [5, 5.41) is 12.6. The lowest BCUT2D eigenvalue weighted by Crippen LogP contribution is -2.26. The summed E-state index contributed by atoms with van der Waals surface area (Å²) in [4.78, 5) is 8.04. The topological polar surface area (TPSA) is 58.0 Å². The van der Waals surface area contributed by atoms with Crippen LogP contribution >= 0.6 is 0 Å². The second-order valence-electron chi connectivity index (χ2n) is 4.47. The van der Waals surface area contributed by atoms with E-state index in [0.717, 1.165) is 18.8 Å². The molecule has 2 atom stereocenters. The quantitative estimate of drug-likeness (QED) is 0.778. The number of aliphatic hydroxyl groups excluding tert-OH is 1. The molecule has 1 aliphatic carbocycles. The second-order valence-corrected chi connectivity index (χ2v) is 4.47. The molecule has 0 saturated heterocycles. The molecule has 1 aromatic heterocycles. The molecule has 0 radical (unpaired) electrons. The van der Waals surface area contributed by atoms with Crippen molar-refractivity contribution < 1.29 is 5.11 Å². The van der Waals surface area contributed by atoms with Crippen LogP contribution in [-0.2, 0) is 6.54 Å². The normalized spacial score (nSPS) is 24.8. The van der Waals surface area contributed by atoms with E-state index in [0.29, 0.717) is 18.4 Å². The lowest BCUT2D eigenvalue weighted by Gasteiger charge is -2.17. The van der Waals surface area contributed by atoms with Gasteiger partial charge in [-0.1, -0.05) is 6.42 Å². The van der Waals surface area contributed by atoms with Gasteiger partial charge in [0.05, 0.1) is 5.69 Å². The molecule has 0 spiro atoms. The highest BCUT2D eigenvalue weighted by atomic mass is 16.3. The number of rotatable bonds is 5. The number of nitrogens with one attached hydrogen (secondary N) is 1. The van der Waals surface area contributed by atoms with Crippen molar-refractivity contribution in [2.24, 2.45) is 11.8 Å². The second kappa shape index (κ2) is 5.92. The summed E-state index contributed by atoms with van der Waals surface area (Å²) in [6.07, 6.45) is 7.00. The third-order valence-electron chi connectivity index (χ3n) is 3.41. The molecule has 16 heavy (non-hydrogen) atoms. The lowest BCUT2D eigenvalue weighted by molar-refractivity contribution is 0.192. The van der Waals surface area contributed by atoms with Crippen LogP contribution in [0.15, 0.2) is 18.6 Å². The van der Waals surface area contributed by atoms with Crippen LogP contribution in [0, 0.1) is 11.8 Å². The van der Waals surface area contributed by atoms with Gasteiger partial charge in [0.1, 0.15) is 6.33 Å². The van der Waals surface area contributed by atoms with E-state index >= 15 is 0 Å². The van der Waals surface area contributed by atoms with Crippen molar-refractivity contribution in [1.82, 2.24) is 15.3 Å². The molecule has 1 fully saturated rings. The summed E-state index contributed by atoms with van der Waals surface area (Å²) in [6, 6.07) is 1.92. The van der Waals surface area contributed by atoms with Gasteiger partial charge in [-0.25, -0.2) is 9.97 Å². The van der Waals surface area contributed by atoms with E-state index in [9.17, 15) is 5.11 Å². The van der Waals surface area contributed by atoms with E-state index in [1.54, 1.807) is 12.5 Å². The van der Waals surface area contributed by atoms with E-state index in [1.807, 2.05) is 6.07 Å². The van der Waals surface area contributed by atoms with Gasteiger partial charge in [-0.15, -0.1) is 0 Å². The van der Waals surface area contributed by atoms with Crippen molar-refractivity contribution in [2.75, 3.05) is 13.2 Å². The van der Waals surface area contributed by atoms with Crippen LogP contribution in [0.2, 0.25) is 0 Å². The Kier molecular flexibility index (Phi) is 4.25. The zero-order chi connectivity index (χ0) is 11.2. The molecule has 0 amide bonds. The van der Waals surface area contributed by atoms with Gasteiger partial charge in [-0.2, -0.15) is 0 Å². The van der Waals surface area contributed by atoms with Crippen LogP contribution in [0.5, 0.6) is 0 Å². The first-order valence-electron chi connectivity index (χ1n) is 5.96. The lowest BCUT2D eigenvalue weighted by atomic mass is 9.97. The first-order valence-corrected chi connectivity index (χ1v) is 5.96. The number of hydrogen-bond acceptors (Lipinski definition) is 4. The summed E-state index contributed by atoms with van der Waals surface area (Å²) in [5.74, 6) is 1.13. The zero-order valence-electron chi connectivity index (χ0n) is 9.47. The van der Waals surface area contributed by atoms with Crippen LogP contribution in [0.1, 0.15) is 25.0 Å². The number of hydrogen-bond donors (Lipinski definition) is 2. The van der Waals surface area contributed by atoms with E-state index in [1.165, 1.54) is 19.3 Å². The summed E-state index contributed by atoms with van der Waals surface area (Å²) >= 11 is 0. The van der Waals surface area contributed by atoms with Gasteiger partial charge in [-0.3, -0.25) is 0 Å². The van der Waals surface area contributed by atoms with Gasteiger partial charge in [0.15, 0.2) is 0 Å². The molecule has 4 nitrogen and oxygen atoms in total. The monoisotopic (exact) mass is 221 g/mol. The van der Waals surface area contributed by atoms with Gasteiger partial charge in [0.2, 0.25) is 0 Å². The van der Waals surface area contributed by atoms with Crippen molar-refractivity contribution in [3.63, 3.8) is 0 Å². The van der Waals surface area contributed by atoms with Gasteiger partial charge in [-0.05, 0) is 37.3 Å². The molecule has 0 aromatic carbocycles. The third-order valence-corrected chi connectivity index (χ3v) is 3.41. The van der Waals surface area contributed by atoms with Crippen LogP contribution in [-0.4, -0.2) is 28.2 Å². The maximum atomic E-state index is 9.20. The molecule has 2 rings (SSSR count). The van der Waals surface area contributed by atoms with Gasteiger partial charge < -0.3 is 10.4 Å². The van der Waals surface area contributed by atoms with E-state index in [-0.39, 0.29) is 0 Å². The average Bonchev–Trinajstić information content (AvgIpc) is 2.78. The van der Waals surface area contributed by atoms with Crippen molar-refractivity contribution in [3.8, 4) is 0 Å². The number of nitrogens with zero attached hydrogens (tertiary/aromatic N) is 2. The van der Waals surface area contributed by atoms with Gasteiger partial charge in [0, 0.05) is 19.3 Å². The summed E-state index contributed by atoms with van der Waals surface area (Å²) in [7, 11) is 0. The fourth-order valence-corrected chi connectivity index (χ4v) is 2.43. The fraction of sp³-hybridized carbons (Fsp3) is 0.667. The summed E-state index contributed by atoms with van der Waals surface area (Å²) in [5.41, 5.74) is 1.02. The maximum Gasteiger partial charge on any atom is 0.115 e. The van der Waals surface area contributed by atoms with Crippen LogP contribution in [0.25, 0.3) is 0 Å². The highest BCUT2D eigenvalue weighted by Crippen LogP contribution is 2.30. The molecule has 4 heteroatoms. The first kappa shape index (κ1) is 11.5. The molecular weight excluding hydrogens is 202 g/mol. The highest BCUT2D eigenvalue weighted by Gasteiger charge is 2.25. The summed E-state index contributed by atoms with van der Waals surface area (Å²) < 4.78 is 0. The molecule has 1 aromatic rings. The minimum Gasteiger partial charge on any atom is -0.396 e. The Bertz CT molecular complexity index is 304. The van der Waals surface area contributed by atoms with Gasteiger partial charge in [0.25, 0.3) is 0 Å². The number of aliphatic hydroxyl groups is 1. The van der Waals surface area contributed by atoms with Crippen molar-refractivity contribution >= 4 is 0 Å². The SMILES string of the molecule is OCC1CCCC1CNCc1ccncn1. The largest absolute Gasteiger partial charge is 0.396 e. The fourth-order valence-electron chi connectivity index (χ4n) is 2.43. The smallest absolute Gasteiger partial charge is 0.115 e. The molecule has 2 unspecified atom stereocenters. The molecular formula is C12H19N3O. The van der Waals surface area contributed by atoms with Crippen molar-refractivity contribution in [3.05, 3.63) is 24.3 Å². The van der Waals surface area contributed by atoms with E-state index < -0.39 is 0 Å². The Balaban J connectivity index is 1.72. The molecule has 0 aliphatic heterocycles.